The van der Waals surface area contributed by atoms with Crippen LogP contribution in [-0.4, -0.2) is 63.2 Å². The summed E-state index contributed by atoms with van der Waals surface area (Å²) in [6, 6.07) is 12.5. The molecule has 1 saturated heterocycles. The van der Waals surface area contributed by atoms with Gasteiger partial charge in [0.1, 0.15) is 0 Å². The van der Waals surface area contributed by atoms with Gasteiger partial charge in [-0.2, -0.15) is 0 Å². The van der Waals surface area contributed by atoms with E-state index in [1.807, 2.05) is 28.4 Å². The van der Waals surface area contributed by atoms with Crippen LogP contribution < -0.4 is 14.2 Å². The minimum absolute atomic E-state index is 0.188. The quantitative estimate of drug-likeness (QED) is 0.518. The van der Waals surface area contributed by atoms with Gasteiger partial charge < -0.3 is 19.1 Å². The first-order chi connectivity index (χ1) is 16.6. The number of hydrogen-bond acceptors (Lipinski definition) is 6. The van der Waals surface area contributed by atoms with Crippen molar-refractivity contribution in [2.24, 2.45) is 0 Å². The summed E-state index contributed by atoms with van der Waals surface area (Å²) in [6.07, 6.45) is 3.92. The fourth-order valence-electron chi connectivity index (χ4n) is 4.92. The average molecular weight is 479 g/mol. The summed E-state index contributed by atoms with van der Waals surface area (Å²) in [7, 11) is 4.88. The van der Waals surface area contributed by atoms with Crippen LogP contribution in [0.15, 0.2) is 42.0 Å². The summed E-state index contributed by atoms with van der Waals surface area (Å²) < 4.78 is 17.7. The van der Waals surface area contributed by atoms with E-state index in [1.54, 1.807) is 21.3 Å². The molecule has 1 aromatic heterocycles. The zero-order valence-corrected chi connectivity index (χ0v) is 20.7. The molecular weight excluding hydrogens is 448 g/mol. The highest BCUT2D eigenvalue weighted by molar-refractivity contribution is 7.19. The molecule has 3 aromatic rings. The molecule has 2 aliphatic rings. The van der Waals surface area contributed by atoms with E-state index in [2.05, 4.69) is 35.2 Å². The zero-order chi connectivity index (χ0) is 23.7. The maximum absolute atomic E-state index is 13.3. The summed E-state index contributed by atoms with van der Waals surface area (Å²) in [4.78, 5) is 19.1. The molecule has 0 N–H and O–H groups in total. The van der Waals surface area contributed by atoms with Crippen LogP contribution in [0.4, 0.5) is 0 Å². The Morgan fingerprint density at radius 3 is 2.32 bits per heavy atom. The number of nitrogens with zero attached hydrogens (tertiary/aromatic N) is 2. The Labute approximate surface area is 204 Å². The molecule has 0 saturated carbocycles. The molecule has 1 aliphatic heterocycles. The van der Waals surface area contributed by atoms with Crippen molar-refractivity contribution < 1.29 is 19.0 Å². The third-order valence-electron chi connectivity index (χ3n) is 6.72. The standard InChI is InChI=1S/C27H30N2O4S/c1-31-22-14-18(15-23(32-2)26(22)33-3)17-28-10-12-29(13-11-28)27(30)19-8-9-25-21(16-19)20-6-4-5-7-24(20)34-25/h4-7,14-16H,8-13,17H2,1-3H3. The van der Waals surface area contributed by atoms with Crippen LogP contribution in [0.5, 0.6) is 17.2 Å². The minimum atomic E-state index is 0.188. The van der Waals surface area contributed by atoms with E-state index in [0.717, 1.165) is 56.7 Å². The highest BCUT2D eigenvalue weighted by atomic mass is 32.1. The molecule has 2 heterocycles. The number of hydrogen-bond donors (Lipinski definition) is 0. The number of amides is 1. The molecule has 0 atom stereocenters. The predicted molar refractivity (Wildman–Crippen MR) is 136 cm³/mol. The lowest BCUT2D eigenvalue weighted by Crippen LogP contribution is -2.48. The van der Waals surface area contributed by atoms with Crippen LogP contribution in [0, 0.1) is 0 Å². The van der Waals surface area contributed by atoms with Crippen LogP contribution >= 0.6 is 11.3 Å². The van der Waals surface area contributed by atoms with Gasteiger partial charge in [-0.05, 0) is 53.6 Å². The molecular formula is C27H30N2O4S. The smallest absolute Gasteiger partial charge is 0.249 e. The van der Waals surface area contributed by atoms with E-state index in [9.17, 15) is 4.79 Å². The van der Waals surface area contributed by atoms with Gasteiger partial charge in [0.15, 0.2) is 11.5 Å². The van der Waals surface area contributed by atoms with E-state index < -0.39 is 0 Å². The Morgan fingerprint density at radius 1 is 0.941 bits per heavy atom. The first-order valence-electron chi connectivity index (χ1n) is 11.6. The summed E-state index contributed by atoms with van der Waals surface area (Å²) in [5.41, 5.74) is 3.28. The van der Waals surface area contributed by atoms with Gasteiger partial charge in [-0.15, -0.1) is 11.3 Å². The molecule has 34 heavy (non-hydrogen) atoms. The lowest BCUT2D eigenvalue weighted by atomic mass is 9.95. The molecule has 7 heteroatoms. The van der Waals surface area contributed by atoms with Crippen molar-refractivity contribution in [3.63, 3.8) is 0 Å². The van der Waals surface area contributed by atoms with Gasteiger partial charge >= 0.3 is 0 Å². The largest absolute Gasteiger partial charge is 0.493 e. The summed E-state index contributed by atoms with van der Waals surface area (Å²) in [6.45, 7) is 3.91. The maximum atomic E-state index is 13.3. The van der Waals surface area contributed by atoms with E-state index in [1.165, 1.54) is 20.5 Å². The monoisotopic (exact) mass is 478 g/mol. The van der Waals surface area contributed by atoms with E-state index in [4.69, 9.17) is 14.2 Å². The third-order valence-corrected chi connectivity index (χ3v) is 7.96. The molecule has 2 aromatic carbocycles. The first-order valence-corrected chi connectivity index (χ1v) is 12.4. The van der Waals surface area contributed by atoms with E-state index in [-0.39, 0.29) is 5.91 Å². The topological polar surface area (TPSA) is 51.2 Å². The fraction of sp³-hybridized carbons (Fsp3) is 0.370. The number of rotatable bonds is 6. The Hall–Kier alpha value is -3.03. The molecule has 0 unspecified atom stereocenters. The second kappa shape index (κ2) is 9.68. The van der Waals surface area contributed by atoms with Crippen molar-refractivity contribution in [3.8, 4) is 17.2 Å². The third kappa shape index (κ3) is 4.26. The van der Waals surface area contributed by atoms with Gasteiger partial charge in [0.2, 0.25) is 11.7 Å². The maximum Gasteiger partial charge on any atom is 0.249 e. The number of thiophene rings is 1. The number of methoxy groups -OCH3 is 3. The van der Waals surface area contributed by atoms with Gasteiger partial charge in [0.25, 0.3) is 0 Å². The number of piperazine rings is 1. The van der Waals surface area contributed by atoms with Crippen molar-refractivity contribution in [3.05, 3.63) is 58.0 Å². The Morgan fingerprint density at radius 2 is 1.65 bits per heavy atom. The van der Waals surface area contributed by atoms with E-state index >= 15 is 0 Å². The second-order valence-electron chi connectivity index (χ2n) is 8.71. The number of benzene rings is 2. The SMILES string of the molecule is COc1cc(CN2CCN(C(=O)C3=Cc4c(sc5ccccc45)CC3)CC2)cc(OC)c1OC. The molecule has 1 fully saturated rings. The number of carbonyl (C=O) groups excluding carboxylic acids is 1. The van der Waals surface area contributed by atoms with E-state index in [0.29, 0.717) is 17.2 Å². The molecule has 5 rings (SSSR count). The normalized spacial score (nSPS) is 16.2. The molecule has 0 spiro atoms. The van der Waals surface area contributed by atoms with Crippen LogP contribution in [0.25, 0.3) is 16.2 Å². The van der Waals surface area contributed by atoms with Crippen LogP contribution in [0.2, 0.25) is 0 Å². The molecule has 1 amide bonds. The number of ether oxygens (including phenoxy) is 3. The summed E-state index contributed by atoms with van der Waals surface area (Å²) in [5.74, 6) is 2.12. The molecule has 0 radical (unpaired) electrons. The van der Waals surface area contributed by atoms with Crippen molar-refractivity contribution in [2.45, 2.75) is 19.4 Å². The van der Waals surface area contributed by atoms with Crippen molar-refractivity contribution in [2.75, 3.05) is 47.5 Å². The first kappa shape index (κ1) is 22.7. The van der Waals surface area contributed by atoms with Crippen LogP contribution in [0.3, 0.4) is 0 Å². The Balaban J connectivity index is 1.25. The Kier molecular flexibility index (Phi) is 6.48. The van der Waals surface area contributed by atoms with Gasteiger partial charge in [-0.1, -0.05) is 18.2 Å². The van der Waals surface area contributed by atoms with Gasteiger partial charge in [0, 0.05) is 47.9 Å². The van der Waals surface area contributed by atoms with Crippen molar-refractivity contribution >= 4 is 33.4 Å². The van der Waals surface area contributed by atoms with Gasteiger partial charge in [-0.3, -0.25) is 9.69 Å². The van der Waals surface area contributed by atoms with Crippen molar-refractivity contribution in [1.82, 2.24) is 9.80 Å². The highest BCUT2D eigenvalue weighted by Gasteiger charge is 2.27. The summed E-state index contributed by atoms with van der Waals surface area (Å²) in [5, 5.41) is 1.27. The lowest BCUT2D eigenvalue weighted by molar-refractivity contribution is -0.129. The molecule has 0 bridgehead atoms. The lowest BCUT2D eigenvalue weighted by Gasteiger charge is -2.35. The number of carbonyl (C=O) groups is 1. The van der Waals surface area contributed by atoms with Crippen LogP contribution in [-0.2, 0) is 17.8 Å². The van der Waals surface area contributed by atoms with Crippen LogP contribution in [0.1, 0.15) is 22.4 Å². The van der Waals surface area contributed by atoms with Gasteiger partial charge in [0.05, 0.1) is 21.3 Å². The molecule has 178 valence electrons. The molecule has 1 aliphatic carbocycles. The Bertz CT molecular complexity index is 1220. The highest BCUT2D eigenvalue weighted by Crippen LogP contribution is 2.39. The average Bonchev–Trinajstić information content (AvgIpc) is 3.26. The fourth-order valence-corrected chi connectivity index (χ4v) is 6.10. The number of fused-ring (bicyclic) bond motifs is 3. The zero-order valence-electron chi connectivity index (χ0n) is 19.9. The summed E-state index contributed by atoms with van der Waals surface area (Å²) >= 11 is 1.86. The van der Waals surface area contributed by atoms with Gasteiger partial charge in [-0.25, -0.2) is 0 Å². The second-order valence-corrected chi connectivity index (χ2v) is 9.84. The van der Waals surface area contributed by atoms with Crippen molar-refractivity contribution in [1.29, 1.82) is 0 Å². The molecule has 6 nitrogen and oxygen atoms in total. The predicted octanol–water partition coefficient (Wildman–Crippen LogP) is 4.60. The number of aryl methyl sites for hydroxylation is 1. The minimum Gasteiger partial charge on any atom is -0.493 e.